The number of nitro groups is 1. The summed E-state index contributed by atoms with van der Waals surface area (Å²) in [5, 5.41) is 12.4. The van der Waals surface area contributed by atoms with Gasteiger partial charge < -0.3 is 4.90 Å². The summed E-state index contributed by atoms with van der Waals surface area (Å²) < 4.78 is 0. The van der Waals surface area contributed by atoms with Crippen molar-refractivity contribution in [2.24, 2.45) is 5.41 Å². The topological polar surface area (TPSA) is 97.6 Å². The SMILES string of the molecule is Cc1ccc(C(=O)[C@@H]2[C@@H](c3cccc([N+](=O)[O-])c3)C3(C(=O)c4ccccc4C3=O)C3C=Cc4cc(Cl)ccc4N32)cc1. The number of benzene rings is 4. The van der Waals surface area contributed by atoms with Crippen molar-refractivity contribution in [1.29, 1.82) is 0 Å². The second kappa shape index (κ2) is 9.33. The summed E-state index contributed by atoms with van der Waals surface area (Å²) in [7, 11) is 0. The standard InChI is InChI=1S/C34H23ClN2O5/c1-19-9-11-20(12-10-19)31(38)30-29(22-5-4-6-24(18-22)37(41)42)34(32(39)25-7-2-3-8-26(25)33(34)40)28-16-13-21-17-23(35)14-15-27(21)36(28)30/h2-18,28-30H,1H3/t28?,29-,30+/m1/s1. The fourth-order valence-corrected chi connectivity index (χ4v) is 7.22. The highest BCUT2D eigenvalue weighted by atomic mass is 35.5. The van der Waals surface area contributed by atoms with Gasteiger partial charge in [0.25, 0.3) is 5.69 Å². The third-order valence-electron chi connectivity index (χ3n) is 8.81. The van der Waals surface area contributed by atoms with Crippen LogP contribution < -0.4 is 4.90 Å². The highest BCUT2D eigenvalue weighted by Gasteiger charge is 2.71. The molecule has 1 aliphatic carbocycles. The van der Waals surface area contributed by atoms with E-state index in [4.69, 9.17) is 11.6 Å². The Morgan fingerprint density at radius 3 is 2.26 bits per heavy atom. The molecule has 1 spiro atoms. The second-order valence-electron chi connectivity index (χ2n) is 11.0. The van der Waals surface area contributed by atoms with Crippen molar-refractivity contribution in [2.45, 2.75) is 24.9 Å². The fraction of sp³-hybridized carbons (Fsp3) is 0.147. The molecular formula is C34H23ClN2O5. The van der Waals surface area contributed by atoms with E-state index in [1.165, 1.54) is 18.2 Å². The molecule has 2 aliphatic heterocycles. The van der Waals surface area contributed by atoms with Gasteiger partial charge in [-0.05, 0) is 36.2 Å². The molecule has 2 heterocycles. The van der Waals surface area contributed by atoms with E-state index in [0.29, 0.717) is 21.8 Å². The number of non-ortho nitro benzene ring substituents is 1. The number of ketones is 3. The lowest BCUT2D eigenvalue weighted by atomic mass is 9.64. The van der Waals surface area contributed by atoms with E-state index in [9.17, 15) is 24.5 Å². The number of halogens is 1. The highest BCUT2D eigenvalue weighted by Crippen LogP contribution is 2.61. The molecule has 8 heteroatoms. The summed E-state index contributed by atoms with van der Waals surface area (Å²) in [6.07, 6.45) is 3.63. The van der Waals surface area contributed by atoms with Crippen molar-refractivity contribution in [3.8, 4) is 0 Å². The van der Waals surface area contributed by atoms with Gasteiger partial charge in [-0.3, -0.25) is 24.5 Å². The van der Waals surface area contributed by atoms with E-state index >= 15 is 0 Å². The van der Waals surface area contributed by atoms with E-state index in [-0.39, 0.29) is 22.6 Å². The zero-order valence-electron chi connectivity index (χ0n) is 22.4. The first-order chi connectivity index (χ1) is 20.2. The van der Waals surface area contributed by atoms with Crippen molar-refractivity contribution in [2.75, 3.05) is 4.90 Å². The van der Waals surface area contributed by atoms with Gasteiger partial charge in [0.1, 0.15) is 11.5 Å². The molecular weight excluding hydrogens is 552 g/mol. The minimum atomic E-state index is -1.74. The summed E-state index contributed by atoms with van der Waals surface area (Å²) in [4.78, 5) is 57.2. The molecule has 0 radical (unpaired) electrons. The van der Waals surface area contributed by atoms with Gasteiger partial charge in [0.05, 0.1) is 11.0 Å². The number of anilines is 1. The van der Waals surface area contributed by atoms with Crippen LogP contribution in [-0.4, -0.2) is 34.4 Å². The van der Waals surface area contributed by atoms with Crippen molar-refractivity contribution in [3.05, 3.63) is 146 Å². The maximum absolute atomic E-state index is 14.7. The Morgan fingerprint density at radius 2 is 1.60 bits per heavy atom. The third-order valence-corrected chi connectivity index (χ3v) is 9.05. The van der Waals surface area contributed by atoms with Crippen LogP contribution in [0.1, 0.15) is 53.7 Å². The number of fused-ring (bicyclic) bond motifs is 5. The van der Waals surface area contributed by atoms with E-state index < -0.39 is 39.9 Å². The van der Waals surface area contributed by atoms with Crippen molar-refractivity contribution >= 4 is 46.4 Å². The van der Waals surface area contributed by atoms with Gasteiger partial charge in [-0.25, -0.2) is 0 Å². The molecule has 206 valence electrons. The van der Waals surface area contributed by atoms with Gasteiger partial charge in [-0.15, -0.1) is 0 Å². The van der Waals surface area contributed by atoms with Gasteiger partial charge in [-0.2, -0.15) is 0 Å². The van der Waals surface area contributed by atoms with Crippen LogP contribution in [0, 0.1) is 22.5 Å². The molecule has 0 amide bonds. The Bertz CT molecular complexity index is 1840. The number of nitrogens with zero attached hydrogens (tertiary/aromatic N) is 2. The molecule has 0 N–H and O–H groups in total. The molecule has 4 aromatic carbocycles. The fourth-order valence-electron chi connectivity index (χ4n) is 7.04. The van der Waals surface area contributed by atoms with Crippen molar-refractivity contribution < 1.29 is 19.3 Å². The van der Waals surface area contributed by atoms with Crippen LogP contribution >= 0.6 is 11.6 Å². The largest absolute Gasteiger partial charge is 0.352 e. The normalized spacial score (nSPS) is 21.3. The molecule has 3 atom stereocenters. The molecule has 1 unspecified atom stereocenters. The van der Waals surface area contributed by atoms with Crippen LogP contribution in [0.4, 0.5) is 11.4 Å². The van der Waals surface area contributed by atoms with Gasteiger partial charge in [-0.1, -0.05) is 90.0 Å². The number of nitro benzene ring substituents is 1. The summed E-state index contributed by atoms with van der Waals surface area (Å²) in [6.45, 7) is 1.92. The van der Waals surface area contributed by atoms with E-state index in [0.717, 1.165) is 11.1 Å². The summed E-state index contributed by atoms with van der Waals surface area (Å²) in [6, 6.07) is 23.2. The Balaban J connectivity index is 1.56. The Kier molecular flexibility index (Phi) is 5.78. The molecule has 0 aromatic heterocycles. The summed E-state index contributed by atoms with van der Waals surface area (Å²) in [5.74, 6) is -2.11. The monoisotopic (exact) mass is 574 g/mol. The van der Waals surface area contributed by atoms with Crippen LogP contribution in [0.3, 0.4) is 0 Å². The highest BCUT2D eigenvalue weighted by molar-refractivity contribution is 6.32. The maximum atomic E-state index is 14.7. The number of hydrogen-bond acceptors (Lipinski definition) is 6. The lowest BCUT2D eigenvalue weighted by Gasteiger charge is -2.37. The summed E-state index contributed by atoms with van der Waals surface area (Å²) in [5.41, 5.74) is 1.81. The lowest BCUT2D eigenvalue weighted by Crippen LogP contribution is -2.48. The van der Waals surface area contributed by atoms with E-state index in [2.05, 4.69) is 0 Å². The lowest BCUT2D eigenvalue weighted by molar-refractivity contribution is -0.384. The minimum absolute atomic E-state index is 0.188. The molecule has 1 fully saturated rings. The number of rotatable bonds is 4. The smallest absolute Gasteiger partial charge is 0.269 e. The Morgan fingerprint density at radius 1 is 0.905 bits per heavy atom. The number of Topliss-reactive ketones (excluding diaryl/α,β-unsaturated/α-hetero) is 3. The first-order valence-corrected chi connectivity index (χ1v) is 13.9. The molecule has 7 nitrogen and oxygen atoms in total. The molecule has 42 heavy (non-hydrogen) atoms. The van der Waals surface area contributed by atoms with Gasteiger partial charge in [0.15, 0.2) is 17.3 Å². The second-order valence-corrected chi connectivity index (χ2v) is 11.4. The number of hydrogen-bond donors (Lipinski definition) is 0. The quantitative estimate of drug-likeness (QED) is 0.114. The first kappa shape index (κ1) is 26.0. The molecule has 0 bridgehead atoms. The molecule has 4 aromatic rings. The predicted octanol–water partition coefficient (Wildman–Crippen LogP) is 6.87. The van der Waals surface area contributed by atoms with E-state index in [1.54, 1.807) is 66.7 Å². The Hall–Kier alpha value is -4.88. The van der Waals surface area contributed by atoms with Crippen LogP contribution in [0.2, 0.25) is 5.02 Å². The van der Waals surface area contributed by atoms with Crippen LogP contribution in [0.25, 0.3) is 6.08 Å². The number of carbonyl (C=O) groups excluding carboxylic acids is 3. The number of carbonyl (C=O) groups is 3. The minimum Gasteiger partial charge on any atom is -0.352 e. The molecule has 1 saturated heterocycles. The average Bonchev–Trinajstić information content (AvgIpc) is 3.43. The van der Waals surface area contributed by atoms with Crippen molar-refractivity contribution in [3.63, 3.8) is 0 Å². The van der Waals surface area contributed by atoms with Crippen molar-refractivity contribution in [1.82, 2.24) is 0 Å². The molecule has 3 aliphatic rings. The van der Waals surface area contributed by atoms with Gasteiger partial charge >= 0.3 is 0 Å². The molecule has 0 saturated carbocycles. The zero-order chi connectivity index (χ0) is 29.3. The Labute approximate surface area is 246 Å². The maximum Gasteiger partial charge on any atom is 0.269 e. The van der Waals surface area contributed by atoms with Crippen LogP contribution in [0.15, 0.2) is 97.1 Å². The molecule has 7 rings (SSSR count). The van der Waals surface area contributed by atoms with Gasteiger partial charge in [0, 0.05) is 45.5 Å². The number of aryl methyl sites for hydroxylation is 1. The van der Waals surface area contributed by atoms with Gasteiger partial charge in [0.2, 0.25) is 0 Å². The van der Waals surface area contributed by atoms with Crippen LogP contribution in [0.5, 0.6) is 0 Å². The first-order valence-electron chi connectivity index (χ1n) is 13.5. The summed E-state index contributed by atoms with van der Waals surface area (Å²) >= 11 is 6.34. The average molecular weight is 575 g/mol. The third kappa shape index (κ3) is 3.50. The predicted molar refractivity (Wildman–Crippen MR) is 159 cm³/mol. The zero-order valence-corrected chi connectivity index (χ0v) is 23.1. The van der Waals surface area contributed by atoms with E-state index in [1.807, 2.05) is 30.0 Å². The van der Waals surface area contributed by atoms with Crippen LogP contribution in [-0.2, 0) is 0 Å².